The van der Waals surface area contributed by atoms with Gasteiger partial charge in [-0.05, 0) is 59.4 Å². The molecule has 1 fully saturated rings. The summed E-state index contributed by atoms with van der Waals surface area (Å²) in [7, 11) is 1.36. The molecule has 33 heavy (non-hydrogen) atoms. The van der Waals surface area contributed by atoms with E-state index in [2.05, 4.69) is 17.1 Å². The highest BCUT2D eigenvalue weighted by Gasteiger charge is 2.31. The highest BCUT2D eigenvalue weighted by molar-refractivity contribution is 7.17. The molecular weight excluding hydrogens is 449 g/mol. The molecule has 1 aliphatic heterocycles. The van der Waals surface area contributed by atoms with Crippen LogP contribution >= 0.6 is 11.3 Å². The Kier molecular flexibility index (Phi) is 6.83. The van der Waals surface area contributed by atoms with Gasteiger partial charge < -0.3 is 9.64 Å². The van der Waals surface area contributed by atoms with E-state index < -0.39 is 11.7 Å². The second-order valence-electron chi connectivity index (χ2n) is 7.83. The van der Waals surface area contributed by atoms with E-state index in [1.807, 2.05) is 35.8 Å². The van der Waals surface area contributed by atoms with E-state index in [9.17, 15) is 18.0 Å². The Labute approximate surface area is 193 Å². The first-order valence-electron chi connectivity index (χ1n) is 10.6. The van der Waals surface area contributed by atoms with Crippen molar-refractivity contribution in [3.05, 3.63) is 77.3 Å². The third kappa shape index (κ3) is 5.27. The second kappa shape index (κ2) is 9.79. The van der Waals surface area contributed by atoms with Gasteiger partial charge in [0.05, 0.1) is 18.2 Å². The summed E-state index contributed by atoms with van der Waals surface area (Å²) >= 11 is 1.34. The molecule has 3 heterocycles. The van der Waals surface area contributed by atoms with Gasteiger partial charge in [0.1, 0.15) is 0 Å². The third-order valence-electron chi connectivity index (χ3n) is 5.81. The number of fused-ring (bicyclic) bond motifs is 2. The van der Waals surface area contributed by atoms with Gasteiger partial charge in [-0.15, -0.1) is 11.3 Å². The predicted octanol–water partition coefficient (Wildman–Crippen LogP) is 7.10. The molecule has 4 nitrogen and oxygen atoms in total. The molecular formula is C25H23F3N2O2S. The molecule has 0 spiro atoms. The first-order chi connectivity index (χ1) is 15.9. The number of ether oxygens (including phenoxy) is 1. The standard InChI is InChI=1S/C16H16F3NO2S.C9H7N/c1-22-15(21)20-6-4-10(5-7-20)13-9-23-14-8-11(16(17,18)19)2-3-12(13)14;1-2-6-9-8(4-1)5-3-7-10-9/h2-3,8-10H,4-7H2,1H3;1-7H. The maximum absolute atomic E-state index is 12.8. The number of thiophene rings is 1. The van der Waals surface area contributed by atoms with Crippen molar-refractivity contribution in [1.29, 1.82) is 0 Å². The number of para-hydroxylation sites is 1. The van der Waals surface area contributed by atoms with Crippen LogP contribution in [0.25, 0.3) is 21.0 Å². The van der Waals surface area contributed by atoms with E-state index in [1.54, 1.807) is 11.0 Å². The number of halogens is 3. The molecule has 0 aliphatic carbocycles. The molecule has 8 heteroatoms. The third-order valence-corrected chi connectivity index (χ3v) is 6.78. The number of benzene rings is 2. The molecule has 0 atom stereocenters. The second-order valence-corrected chi connectivity index (χ2v) is 8.74. The summed E-state index contributed by atoms with van der Waals surface area (Å²) in [5, 5.41) is 4.04. The molecule has 2 aromatic carbocycles. The van der Waals surface area contributed by atoms with Crippen molar-refractivity contribution < 1.29 is 22.7 Å². The van der Waals surface area contributed by atoms with Crippen LogP contribution in [0.3, 0.4) is 0 Å². The van der Waals surface area contributed by atoms with Gasteiger partial charge >= 0.3 is 12.3 Å². The summed E-state index contributed by atoms with van der Waals surface area (Å²) in [6, 6.07) is 16.0. The minimum absolute atomic E-state index is 0.265. The Hall–Kier alpha value is -3.13. The van der Waals surface area contributed by atoms with Crippen molar-refractivity contribution in [2.24, 2.45) is 0 Å². The molecule has 0 saturated carbocycles. The van der Waals surface area contributed by atoms with Crippen LogP contribution in [-0.4, -0.2) is 36.2 Å². The van der Waals surface area contributed by atoms with Crippen LogP contribution in [0.4, 0.5) is 18.0 Å². The number of rotatable bonds is 1. The lowest BCUT2D eigenvalue weighted by Gasteiger charge is -2.30. The van der Waals surface area contributed by atoms with Gasteiger partial charge in [-0.1, -0.05) is 30.3 Å². The van der Waals surface area contributed by atoms with Crippen molar-refractivity contribution in [3.8, 4) is 0 Å². The van der Waals surface area contributed by atoms with Crippen LogP contribution in [0.5, 0.6) is 0 Å². The van der Waals surface area contributed by atoms with Gasteiger partial charge in [-0.25, -0.2) is 4.79 Å². The number of likely N-dealkylation sites (tertiary alicyclic amines) is 1. The monoisotopic (exact) mass is 472 g/mol. The van der Waals surface area contributed by atoms with E-state index in [4.69, 9.17) is 4.74 Å². The average molecular weight is 473 g/mol. The SMILES string of the molecule is COC(=O)N1CCC(c2csc3cc(C(F)(F)F)ccc23)CC1.c1ccc2ncccc2c1. The van der Waals surface area contributed by atoms with Gasteiger partial charge in [-0.2, -0.15) is 13.2 Å². The number of piperidine rings is 1. The number of carbonyl (C=O) groups is 1. The Morgan fingerprint density at radius 1 is 1.09 bits per heavy atom. The molecule has 1 saturated heterocycles. The molecule has 0 unspecified atom stereocenters. The number of hydrogen-bond acceptors (Lipinski definition) is 4. The zero-order valence-electron chi connectivity index (χ0n) is 18.0. The number of alkyl halides is 3. The lowest BCUT2D eigenvalue weighted by atomic mass is 9.89. The van der Waals surface area contributed by atoms with Gasteiger partial charge in [0.15, 0.2) is 0 Å². The van der Waals surface area contributed by atoms with Gasteiger partial charge in [0.2, 0.25) is 0 Å². The molecule has 0 N–H and O–H groups in total. The summed E-state index contributed by atoms with van der Waals surface area (Å²) in [6.07, 6.45) is -1.25. The molecule has 2 aromatic heterocycles. The van der Waals surface area contributed by atoms with E-state index in [1.165, 1.54) is 29.9 Å². The van der Waals surface area contributed by atoms with Crippen molar-refractivity contribution >= 4 is 38.4 Å². The summed E-state index contributed by atoms with van der Waals surface area (Å²) in [6.45, 7) is 1.21. The van der Waals surface area contributed by atoms with Crippen molar-refractivity contribution in [3.63, 3.8) is 0 Å². The molecule has 0 bridgehead atoms. The number of pyridine rings is 1. The van der Waals surface area contributed by atoms with E-state index in [-0.39, 0.29) is 12.0 Å². The van der Waals surface area contributed by atoms with Crippen LogP contribution in [0.1, 0.15) is 29.9 Å². The van der Waals surface area contributed by atoms with Crippen molar-refractivity contribution in [2.45, 2.75) is 24.9 Å². The van der Waals surface area contributed by atoms with Gasteiger partial charge in [0.25, 0.3) is 0 Å². The highest BCUT2D eigenvalue weighted by atomic mass is 32.1. The average Bonchev–Trinajstić information content (AvgIpc) is 3.27. The summed E-state index contributed by atoms with van der Waals surface area (Å²) < 4.78 is 43.7. The van der Waals surface area contributed by atoms with E-state index >= 15 is 0 Å². The summed E-state index contributed by atoms with van der Waals surface area (Å²) in [4.78, 5) is 17.3. The normalized spacial score (nSPS) is 14.7. The van der Waals surface area contributed by atoms with Crippen molar-refractivity contribution in [2.75, 3.05) is 20.2 Å². The molecule has 4 aromatic rings. The maximum Gasteiger partial charge on any atom is 0.416 e. The van der Waals surface area contributed by atoms with E-state index in [0.29, 0.717) is 17.8 Å². The Balaban J connectivity index is 0.000000214. The largest absolute Gasteiger partial charge is 0.453 e. The molecule has 1 aliphatic rings. The Morgan fingerprint density at radius 3 is 2.52 bits per heavy atom. The number of carbonyl (C=O) groups excluding carboxylic acids is 1. The fourth-order valence-corrected chi connectivity index (χ4v) is 5.14. The number of amides is 1. The van der Waals surface area contributed by atoms with Gasteiger partial charge in [-0.3, -0.25) is 4.98 Å². The minimum atomic E-state index is -4.32. The zero-order valence-corrected chi connectivity index (χ0v) is 18.8. The van der Waals surface area contributed by atoms with Crippen LogP contribution < -0.4 is 0 Å². The number of hydrogen-bond donors (Lipinski definition) is 0. The Bertz CT molecular complexity index is 1180. The lowest BCUT2D eigenvalue weighted by Crippen LogP contribution is -2.37. The lowest BCUT2D eigenvalue weighted by molar-refractivity contribution is -0.137. The molecule has 172 valence electrons. The number of methoxy groups -OCH3 is 1. The van der Waals surface area contributed by atoms with Crippen molar-refractivity contribution in [1.82, 2.24) is 9.88 Å². The quantitative estimate of drug-likeness (QED) is 0.297. The summed E-state index contributed by atoms with van der Waals surface area (Å²) in [5.41, 5.74) is 1.53. The Morgan fingerprint density at radius 2 is 1.82 bits per heavy atom. The predicted molar refractivity (Wildman–Crippen MR) is 125 cm³/mol. The minimum Gasteiger partial charge on any atom is -0.453 e. The van der Waals surface area contributed by atoms with Crippen LogP contribution in [0.15, 0.2) is 66.2 Å². The van der Waals surface area contributed by atoms with Crippen LogP contribution in [0.2, 0.25) is 0 Å². The highest BCUT2D eigenvalue weighted by Crippen LogP contribution is 2.39. The topological polar surface area (TPSA) is 42.4 Å². The number of nitrogens with zero attached hydrogens (tertiary/aromatic N) is 2. The molecule has 0 radical (unpaired) electrons. The molecule has 5 rings (SSSR count). The fourth-order valence-electron chi connectivity index (χ4n) is 4.06. The zero-order chi connectivity index (χ0) is 23.4. The maximum atomic E-state index is 12.8. The smallest absolute Gasteiger partial charge is 0.416 e. The molecule has 1 amide bonds. The summed E-state index contributed by atoms with van der Waals surface area (Å²) in [5.74, 6) is 0.265. The van der Waals surface area contributed by atoms with Gasteiger partial charge in [0, 0.05) is 29.4 Å². The first kappa shape index (κ1) is 23.0. The fraction of sp³-hybridized carbons (Fsp3) is 0.280. The first-order valence-corrected chi connectivity index (χ1v) is 11.5. The number of aromatic nitrogens is 1. The van der Waals surface area contributed by atoms with Crippen LogP contribution in [0, 0.1) is 0 Å². The van der Waals surface area contributed by atoms with E-state index in [0.717, 1.165) is 35.4 Å². The van der Waals surface area contributed by atoms with Crippen LogP contribution in [-0.2, 0) is 10.9 Å².